The van der Waals surface area contributed by atoms with Crippen molar-refractivity contribution in [2.75, 3.05) is 13.1 Å². The summed E-state index contributed by atoms with van der Waals surface area (Å²) in [6.45, 7) is 0.173. The number of halogens is 4. The van der Waals surface area contributed by atoms with Crippen LogP contribution in [0.25, 0.3) is 0 Å². The number of amides is 2. The van der Waals surface area contributed by atoms with Gasteiger partial charge in [0, 0.05) is 19.6 Å². The molecule has 1 heterocycles. The van der Waals surface area contributed by atoms with Gasteiger partial charge in [0.2, 0.25) is 0 Å². The van der Waals surface area contributed by atoms with Gasteiger partial charge in [-0.25, -0.2) is 9.18 Å². The molecule has 0 aromatic heterocycles. The lowest BCUT2D eigenvalue weighted by molar-refractivity contribution is -0.184. The van der Waals surface area contributed by atoms with E-state index in [1.807, 2.05) is 0 Å². The summed E-state index contributed by atoms with van der Waals surface area (Å²) in [5.41, 5.74) is 0.689. The number of hydrogen-bond donors (Lipinski definition) is 1. The minimum Gasteiger partial charge on any atom is -0.334 e. The van der Waals surface area contributed by atoms with Crippen molar-refractivity contribution in [3.05, 3.63) is 35.6 Å². The summed E-state index contributed by atoms with van der Waals surface area (Å²) >= 11 is 0. The standard InChI is InChI=1S/C14H16F4N2O/c15-12-5-3-10(4-6-12)8-19-13(21)20-7-1-2-11(9-20)14(16,17)18/h3-6,11H,1-2,7-9H2,(H,19,21). The molecule has 3 nitrogen and oxygen atoms in total. The van der Waals surface area contributed by atoms with Gasteiger partial charge in [-0.2, -0.15) is 13.2 Å². The SMILES string of the molecule is O=C(NCc1ccc(F)cc1)N1CCCC(C(F)(F)F)C1. The van der Waals surface area contributed by atoms with E-state index >= 15 is 0 Å². The molecule has 1 aliphatic heterocycles. The number of benzene rings is 1. The van der Waals surface area contributed by atoms with Crippen LogP contribution in [0.1, 0.15) is 18.4 Å². The van der Waals surface area contributed by atoms with Crippen LogP contribution in [0.5, 0.6) is 0 Å². The van der Waals surface area contributed by atoms with Gasteiger partial charge in [0.25, 0.3) is 0 Å². The fourth-order valence-corrected chi connectivity index (χ4v) is 2.32. The lowest BCUT2D eigenvalue weighted by Gasteiger charge is -2.33. The van der Waals surface area contributed by atoms with E-state index in [9.17, 15) is 22.4 Å². The molecular weight excluding hydrogens is 288 g/mol. The van der Waals surface area contributed by atoms with Gasteiger partial charge in [-0.3, -0.25) is 0 Å². The first-order valence-corrected chi connectivity index (χ1v) is 6.70. The third-order valence-electron chi connectivity index (χ3n) is 3.53. The molecule has 1 atom stereocenters. The van der Waals surface area contributed by atoms with Crippen molar-refractivity contribution in [3.63, 3.8) is 0 Å². The minimum atomic E-state index is -4.27. The van der Waals surface area contributed by atoms with Gasteiger partial charge in [-0.1, -0.05) is 12.1 Å². The maximum atomic E-state index is 12.7. The number of alkyl halides is 3. The molecule has 1 N–H and O–H groups in total. The smallest absolute Gasteiger partial charge is 0.334 e. The maximum Gasteiger partial charge on any atom is 0.393 e. The van der Waals surface area contributed by atoms with E-state index in [1.165, 1.54) is 29.2 Å². The number of piperidine rings is 1. The van der Waals surface area contributed by atoms with Crippen molar-refractivity contribution in [1.29, 1.82) is 0 Å². The first-order valence-electron chi connectivity index (χ1n) is 6.70. The summed E-state index contributed by atoms with van der Waals surface area (Å²) in [5.74, 6) is -1.84. The van der Waals surface area contributed by atoms with Crippen LogP contribution in [0.3, 0.4) is 0 Å². The van der Waals surface area contributed by atoms with Crippen molar-refractivity contribution in [2.45, 2.75) is 25.6 Å². The van der Waals surface area contributed by atoms with Gasteiger partial charge in [0.15, 0.2) is 0 Å². The highest BCUT2D eigenvalue weighted by atomic mass is 19.4. The zero-order valence-corrected chi connectivity index (χ0v) is 11.3. The van der Waals surface area contributed by atoms with Crippen molar-refractivity contribution in [3.8, 4) is 0 Å². The fourth-order valence-electron chi connectivity index (χ4n) is 2.32. The van der Waals surface area contributed by atoms with Crippen LogP contribution in [0, 0.1) is 11.7 Å². The topological polar surface area (TPSA) is 32.3 Å². The summed E-state index contributed by atoms with van der Waals surface area (Å²) in [6, 6.07) is 5.05. The highest BCUT2D eigenvalue weighted by Crippen LogP contribution is 2.33. The summed E-state index contributed by atoms with van der Waals surface area (Å²) < 4.78 is 50.7. The Bertz CT molecular complexity index is 487. The first-order chi connectivity index (χ1) is 9.86. The molecule has 7 heteroatoms. The average molecular weight is 304 g/mol. The number of likely N-dealkylation sites (tertiary alicyclic amines) is 1. The average Bonchev–Trinajstić information content (AvgIpc) is 2.45. The van der Waals surface area contributed by atoms with Crippen molar-refractivity contribution in [1.82, 2.24) is 10.2 Å². The van der Waals surface area contributed by atoms with E-state index in [2.05, 4.69) is 5.32 Å². The monoisotopic (exact) mass is 304 g/mol. The van der Waals surface area contributed by atoms with E-state index in [-0.39, 0.29) is 25.3 Å². The molecule has 0 spiro atoms. The van der Waals surface area contributed by atoms with Gasteiger partial charge in [0.05, 0.1) is 5.92 Å². The molecule has 0 radical (unpaired) electrons. The number of rotatable bonds is 2. The van der Waals surface area contributed by atoms with E-state index in [0.717, 1.165) is 0 Å². The Morgan fingerprint density at radius 1 is 1.29 bits per heavy atom. The number of carbonyl (C=O) groups excluding carboxylic acids is 1. The number of carbonyl (C=O) groups is 1. The molecule has 21 heavy (non-hydrogen) atoms. The van der Waals surface area contributed by atoms with Crippen LogP contribution in [0.4, 0.5) is 22.4 Å². The molecule has 1 aromatic carbocycles. The van der Waals surface area contributed by atoms with Crippen molar-refractivity contribution < 1.29 is 22.4 Å². The third kappa shape index (κ3) is 4.34. The van der Waals surface area contributed by atoms with E-state index < -0.39 is 18.1 Å². The predicted octanol–water partition coefficient (Wildman–Crippen LogP) is 3.31. The Morgan fingerprint density at radius 3 is 2.57 bits per heavy atom. The molecule has 0 aliphatic carbocycles. The van der Waals surface area contributed by atoms with E-state index in [4.69, 9.17) is 0 Å². The number of hydrogen-bond acceptors (Lipinski definition) is 1. The van der Waals surface area contributed by atoms with Crippen LogP contribution < -0.4 is 5.32 Å². The van der Waals surface area contributed by atoms with Gasteiger partial charge in [-0.05, 0) is 30.5 Å². The predicted molar refractivity (Wildman–Crippen MR) is 69.0 cm³/mol. The maximum absolute atomic E-state index is 12.7. The second-order valence-corrected chi connectivity index (χ2v) is 5.11. The Balaban J connectivity index is 1.86. The molecule has 1 saturated heterocycles. The Hall–Kier alpha value is -1.79. The second-order valence-electron chi connectivity index (χ2n) is 5.11. The quantitative estimate of drug-likeness (QED) is 0.835. The van der Waals surface area contributed by atoms with Gasteiger partial charge in [0.1, 0.15) is 5.82 Å². The molecule has 116 valence electrons. The van der Waals surface area contributed by atoms with Gasteiger partial charge < -0.3 is 10.2 Å². The van der Waals surface area contributed by atoms with Crippen LogP contribution in [0.2, 0.25) is 0 Å². The minimum absolute atomic E-state index is 0.0608. The first kappa shape index (κ1) is 15.6. The molecule has 1 fully saturated rings. The molecular formula is C14H16F4N2O. The van der Waals surface area contributed by atoms with Crippen LogP contribution in [-0.4, -0.2) is 30.2 Å². The third-order valence-corrected chi connectivity index (χ3v) is 3.53. The lowest BCUT2D eigenvalue weighted by atomic mass is 9.98. The Morgan fingerprint density at radius 2 is 1.95 bits per heavy atom. The molecule has 1 unspecified atom stereocenters. The van der Waals surface area contributed by atoms with Crippen molar-refractivity contribution >= 4 is 6.03 Å². The highest BCUT2D eigenvalue weighted by Gasteiger charge is 2.42. The van der Waals surface area contributed by atoms with Crippen LogP contribution in [-0.2, 0) is 6.54 Å². The normalized spacial score (nSPS) is 19.4. The summed E-state index contributed by atoms with van der Waals surface area (Å²) in [5, 5.41) is 2.56. The summed E-state index contributed by atoms with van der Waals surface area (Å²) in [6.07, 6.45) is -3.87. The fraction of sp³-hybridized carbons (Fsp3) is 0.500. The Labute approximate surface area is 119 Å². The number of nitrogens with one attached hydrogen (secondary N) is 1. The molecule has 1 aliphatic rings. The number of urea groups is 1. The molecule has 2 rings (SSSR count). The van der Waals surface area contributed by atoms with Crippen LogP contribution in [0.15, 0.2) is 24.3 Å². The van der Waals surface area contributed by atoms with Gasteiger partial charge in [-0.15, -0.1) is 0 Å². The molecule has 0 saturated carbocycles. The summed E-state index contributed by atoms with van der Waals surface area (Å²) in [7, 11) is 0. The molecule has 1 aromatic rings. The molecule has 0 bridgehead atoms. The highest BCUT2D eigenvalue weighted by molar-refractivity contribution is 5.74. The zero-order chi connectivity index (χ0) is 15.5. The molecule has 2 amide bonds. The van der Waals surface area contributed by atoms with Crippen LogP contribution >= 0.6 is 0 Å². The van der Waals surface area contributed by atoms with Crippen molar-refractivity contribution in [2.24, 2.45) is 5.92 Å². The second kappa shape index (κ2) is 6.32. The Kier molecular flexibility index (Phi) is 4.69. The largest absolute Gasteiger partial charge is 0.393 e. The van der Waals surface area contributed by atoms with E-state index in [1.54, 1.807) is 0 Å². The zero-order valence-electron chi connectivity index (χ0n) is 11.3. The lowest BCUT2D eigenvalue weighted by Crippen LogP contribution is -2.48. The number of nitrogens with zero attached hydrogens (tertiary/aromatic N) is 1. The van der Waals surface area contributed by atoms with E-state index in [0.29, 0.717) is 18.5 Å². The van der Waals surface area contributed by atoms with Gasteiger partial charge >= 0.3 is 12.2 Å². The summed E-state index contributed by atoms with van der Waals surface area (Å²) in [4.78, 5) is 13.1.